The van der Waals surface area contributed by atoms with Gasteiger partial charge in [-0.25, -0.2) is 4.83 Å². The SMILES string of the molecule is CCOc1cc(/C=N/NS(=O)(=O)c2cccc([N+](=O)[O-])c2)cc(Cl)c1OCC(C)C. The second-order valence-corrected chi connectivity index (χ2v) is 8.64. The van der Waals surface area contributed by atoms with Crippen LogP contribution in [-0.2, 0) is 10.0 Å². The van der Waals surface area contributed by atoms with Gasteiger partial charge in [0.2, 0.25) is 0 Å². The molecule has 0 aliphatic carbocycles. The Bertz CT molecular complexity index is 1040. The van der Waals surface area contributed by atoms with Crippen molar-refractivity contribution >= 4 is 33.5 Å². The molecule has 1 N–H and O–H groups in total. The van der Waals surface area contributed by atoms with Crippen LogP contribution in [0.25, 0.3) is 0 Å². The highest BCUT2D eigenvalue weighted by atomic mass is 35.5. The Morgan fingerprint density at radius 2 is 2.00 bits per heavy atom. The van der Waals surface area contributed by atoms with Crippen LogP contribution in [0, 0.1) is 16.0 Å². The van der Waals surface area contributed by atoms with Crippen molar-refractivity contribution < 1.29 is 22.8 Å². The van der Waals surface area contributed by atoms with E-state index in [1.807, 2.05) is 25.6 Å². The van der Waals surface area contributed by atoms with Crippen molar-refractivity contribution in [1.29, 1.82) is 0 Å². The summed E-state index contributed by atoms with van der Waals surface area (Å²) in [5, 5.41) is 14.9. The molecule has 0 radical (unpaired) electrons. The molecule has 2 rings (SSSR count). The number of hydrogen-bond donors (Lipinski definition) is 1. The van der Waals surface area contributed by atoms with Gasteiger partial charge in [0.05, 0.1) is 34.3 Å². The summed E-state index contributed by atoms with van der Waals surface area (Å²) in [4.78, 5) is 11.9. The van der Waals surface area contributed by atoms with Gasteiger partial charge in [0.1, 0.15) is 0 Å². The summed E-state index contributed by atoms with van der Waals surface area (Å²) in [5.41, 5.74) is 0.133. The maximum absolute atomic E-state index is 12.3. The monoisotopic (exact) mass is 455 g/mol. The predicted octanol–water partition coefficient (Wildman–Crippen LogP) is 3.99. The van der Waals surface area contributed by atoms with E-state index in [0.29, 0.717) is 41.2 Å². The van der Waals surface area contributed by atoms with Gasteiger partial charge < -0.3 is 9.47 Å². The third-order valence-electron chi connectivity index (χ3n) is 3.62. The van der Waals surface area contributed by atoms with Crippen molar-refractivity contribution in [3.8, 4) is 11.5 Å². The van der Waals surface area contributed by atoms with Crippen molar-refractivity contribution in [3.05, 3.63) is 57.1 Å². The highest BCUT2D eigenvalue weighted by Crippen LogP contribution is 2.36. The zero-order chi connectivity index (χ0) is 22.3. The van der Waals surface area contributed by atoms with Gasteiger partial charge >= 0.3 is 0 Å². The third kappa shape index (κ3) is 6.33. The maximum Gasteiger partial charge on any atom is 0.276 e. The summed E-state index contributed by atoms with van der Waals surface area (Å²) in [5.74, 6) is 1.11. The Morgan fingerprint density at radius 3 is 2.63 bits per heavy atom. The Labute approximate surface area is 179 Å². The Kier molecular flexibility index (Phi) is 8.01. The summed E-state index contributed by atoms with van der Waals surface area (Å²) < 4.78 is 35.9. The van der Waals surface area contributed by atoms with Gasteiger partial charge in [0.15, 0.2) is 11.5 Å². The second-order valence-electron chi connectivity index (χ2n) is 6.58. The number of rotatable bonds is 10. The van der Waals surface area contributed by atoms with E-state index < -0.39 is 14.9 Å². The number of nitrogens with zero attached hydrogens (tertiary/aromatic N) is 2. The lowest BCUT2D eigenvalue weighted by molar-refractivity contribution is -0.385. The van der Waals surface area contributed by atoms with Crippen LogP contribution in [0.4, 0.5) is 5.69 Å². The number of non-ortho nitro benzene ring substituents is 1. The molecule has 0 unspecified atom stereocenters. The fourth-order valence-electron chi connectivity index (χ4n) is 2.30. The van der Waals surface area contributed by atoms with Gasteiger partial charge in [-0.1, -0.05) is 31.5 Å². The summed E-state index contributed by atoms with van der Waals surface area (Å²) >= 11 is 6.30. The fraction of sp³-hybridized carbons (Fsp3) is 0.316. The average molecular weight is 456 g/mol. The van der Waals surface area contributed by atoms with Crippen LogP contribution in [0.15, 0.2) is 46.4 Å². The topological polar surface area (TPSA) is 120 Å². The zero-order valence-corrected chi connectivity index (χ0v) is 18.2. The molecule has 30 heavy (non-hydrogen) atoms. The minimum absolute atomic E-state index is 0.278. The molecular formula is C19H22ClN3O6S. The molecule has 11 heteroatoms. The summed E-state index contributed by atoms with van der Waals surface area (Å²) in [6, 6.07) is 7.84. The molecule has 0 saturated heterocycles. The smallest absolute Gasteiger partial charge is 0.276 e. The van der Waals surface area contributed by atoms with Crippen LogP contribution in [-0.4, -0.2) is 32.8 Å². The van der Waals surface area contributed by atoms with Gasteiger partial charge in [-0.3, -0.25) is 10.1 Å². The quantitative estimate of drug-likeness (QED) is 0.328. The summed E-state index contributed by atoms with van der Waals surface area (Å²) in [7, 11) is -4.08. The average Bonchev–Trinajstić information content (AvgIpc) is 2.67. The van der Waals surface area contributed by atoms with Crippen LogP contribution in [0.2, 0.25) is 5.02 Å². The lowest BCUT2D eigenvalue weighted by Gasteiger charge is -2.15. The van der Waals surface area contributed by atoms with E-state index in [2.05, 4.69) is 5.10 Å². The van der Waals surface area contributed by atoms with Crippen LogP contribution >= 0.6 is 11.6 Å². The first kappa shape index (κ1) is 23.4. The normalized spacial score (nSPS) is 11.6. The van der Waals surface area contributed by atoms with Gasteiger partial charge in [0.25, 0.3) is 15.7 Å². The second kappa shape index (κ2) is 10.3. The first-order valence-electron chi connectivity index (χ1n) is 9.02. The molecule has 0 amide bonds. The van der Waals surface area contributed by atoms with E-state index in [9.17, 15) is 18.5 Å². The van der Waals surface area contributed by atoms with Gasteiger partial charge in [-0.05, 0) is 36.6 Å². The highest BCUT2D eigenvalue weighted by Gasteiger charge is 2.17. The standard InChI is InChI=1S/C19H22ClN3O6S/c1-4-28-18-9-14(8-17(20)19(18)29-12-13(2)3)11-21-22-30(26,27)16-7-5-6-15(10-16)23(24)25/h5-11,13,22H,4,12H2,1-3H3/b21-11+. The number of nitro benzene ring substituents is 1. The van der Waals surface area contributed by atoms with Crippen molar-refractivity contribution in [2.45, 2.75) is 25.7 Å². The third-order valence-corrected chi connectivity index (χ3v) is 5.12. The molecule has 0 aromatic heterocycles. The molecule has 0 saturated carbocycles. The molecule has 0 bridgehead atoms. The van der Waals surface area contributed by atoms with Crippen molar-refractivity contribution in [2.24, 2.45) is 11.0 Å². The molecule has 0 aliphatic rings. The summed E-state index contributed by atoms with van der Waals surface area (Å²) in [6.45, 7) is 6.66. The number of nitro groups is 1. The Hall–Kier alpha value is -2.85. The highest BCUT2D eigenvalue weighted by molar-refractivity contribution is 7.89. The fourth-order valence-corrected chi connectivity index (χ4v) is 3.41. The van der Waals surface area contributed by atoms with E-state index >= 15 is 0 Å². The van der Waals surface area contributed by atoms with E-state index in [4.69, 9.17) is 21.1 Å². The molecule has 0 heterocycles. The maximum atomic E-state index is 12.3. The van der Waals surface area contributed by atoms with Crippen molar-refractivity contribution in [3.63, 3.8) is 0 Å². The first-order valence-corrected chi connectivity index (χ1v) is 10.9. The lowest BCUT2D eigenvalue weighted by atomic mass is 10.2. The van der Waals surface area contributed by atoms with Crippen LogP contribution in [0.5, 0.6) is 11.5 Å². The minimum Gasteiger partial charge on any atom is -0.490 e. The number of ether oxygens (including phenoxy) is 2. The first-order chi connectivity index (χ1) is 14.1. The number of hydrogen-bond acceptors (Lipinski definition) is 7. The number of halogens is 1. The number of hydrazone groups is 1. The number of nitrogens with one attached hydrogen (secondary N) is 1. The lowest BCUT2D eigenvalue weighted by Crippen LogP contribution is -2.18. The van der Waals surface area contributed by atoms with Gasteiger partial charge in [0, 0.05) is 12.1 Å². The van der Waals surface area contributed by atoms with Crippen LogP contribution in [0.3, 0.4) is 0 Å². The molecule has 0 atom stereocenters. The molecule has 162 valence electrons. The zero-order valence-electron chi connectivity index (χ0n) is 16.7. The van der Waals surface area contributed by atoms with Crippen molar-refractivity contribution in [2.75, 3.05) is 13.2 Å². The van der Waals surface area contributed by atoms with E-state index in [-0.39, 0.29) is 10.6 Å². The molecule has 0 fully saturated rings. The molecule has 0 aliphatic heterocycles. The largest absolute Gasteiger partial charge is 0.490 e. The molecular weight excluding hydrogens is 434 g/mol. The predicted molar refractivity (Wildman–Crippen MR) is 114 cm³/mol. The van der Waals surface area contributed by atoms with Crippen molar-refractivity contribution in [1.82, 2.24) is 4.83 Å². The summed E-state index contributed by atoms with van der Waals surface area (Å²) in [6.07, 6.45) is 1.25. The Balaban J connectivity index is 2.22. The molecule has 0 spiro atoms. The Morgan fingerprint density at radius 1 is 1.27 bits per heavy atom. The van der Waals surface area contributed by atoms with E-state index in [1.165, 1.54) is 24.4 Å². The number of sulfonamides is 1. The number of benzene rings is 2. The van der Waals surface area contributed by atoms with Gasteiger partial charge in [-0.2, -0.15) is 13.5 Å². The van der Waals surface area contributed by atoms with E-state index in [1.54, 1.807) is 12.1 Å². The molecule has 2 aromatic carbocycles. The van der Waals surface area contributed by atoms with E-state index in [0.717, 1.165) is 6.07 Å². The minimum atomic E-state index is -4.08. The molecule has 2 aromatic rings. The molecule has 9 nitrogen and oxygen atoms in total. The van der Waals surface area contributed by atoms with Crippen LogP contribution < -0.4 is 14.3 Å². The van der Waals surface area contributed by atoms with Gasteiger partial charge in [-0.15, -0.1) is 0 Å². The van der Waals surface area contributed by atoms with Crippen LogP contribution in [0.1, 0.15) is 26.3 Å².